The fourth-order valence-corrected chi connectivity index (χ4v) is 8.45. The molecular weight excluding hydrogens is 609 g/mol. The lowest BCUT2D eigenvalue weighted by Gasteiger charge is -2.42. The molecule has 50 heavy (non-hydrogen) atoms. The molecule has 0 fully saturated rings. The zero-order valence-corrected chi connectivity index (χ0v) is 29.5. The molecule has 3 heterocycles. The number of nitrogens with zero attached hydrogens (tertiary/aromatic N) is 2. The zero-order valence-electron chi connectivity index (χ0n) is 29.5. The first-order valence-electron chi connectivity index (χ1n) is 18.4. The minimum atomic E-state index is -0.439. The predicted molar refractivity (Wildman–Crippen MR) is 211 cm³/mol. The van der Waals surface area contributed by atoms with Gasteiger partial charge in [-0.1, -0.05) is 107 Å². The highest BCUT2D eigenvalue weighted by molar-refractivity contribution is 6.10. The first-order chi connectivity index (χ1) is 24.4. The zero-order chi connectivity index (χ0) is 34.0. The van der Waals surface area contributed by atoms with Gasteiger partial charge < -0.3 is 13.9 Å². The molecule has 1 aliphatic rings. The molecule has 0 saturated heterocycles. The summed E-state index contributed by atoms with van der Waals surface area (Å²) < 4.78 is 12.4. The molecule has 0 amide bonds. The van der Waals surface area contributed by atoms with Crippen molar-refractivity contribution >= 4 is 43.6 Å². The first-order valence-corrected chi connectivity index (χ1v) is 18.4. The Morgan fingerprint density at radius 2 is 0.880 bits per heavy atom. The first kappa shape index (κ1) is 30.8. The molecule has 0 atom stereocenters. The maximum absolute atomic E-state index is 7.53. The summed E-state index contributed by atoms with van der Waals surface area (Å²) in [6.45, 7) is 9.34. The summed E-state index contributed by atoms with van der Waals surface area (Å²) in [6.07, 6.45) is 4.14. The third-order valence-electron chi connectivity index (χ3n) is 11.0. The summed E-state index contributed by atoms with van der Waals surface area (Å²) in [7, 11) is 0. The molecule has 2 aromatic heterocycles. The van der Waals surface area contributed by atoms with Crippen LogP contribution in [0.5, 0.6) is 5.75 Å². The smallest absolute Gasteiger partial charge is 0.135 e. The van der Waals surface area contributed by atoms with Gasteiger partial charge in [0.05, 0.1) is 22.1 Å². The molecule has 3 heteroatoms. The third-order valence-corrected chi connectivity index (χ3v) is 11.0. The topological polar surface area (TPSA) is 19.1 Å². The average Bonchev–Trinajstić information content (AvgIpc) is 3.66. The van der Waals surface area contributed by atoms with Crippen LogP contribution in [0.3, 0.4) is 0 Å². The van der Waals surface area contributed by atoms with E-state index in [2.05, 4.69) is 170 Å². The van der Waals surface area contributed by atoms with Crippen molar-refractivity contribution in [2.75, 3.05) is 0 Å². The van der Waals surface area contributed by atoms with Gasteiger partial charge in [-0.05, 0) is 91.6 Å². The highest BCUT2D eigenvalue weighted by atomic mass is 16.5. The van der Waals surface area contributed by atoms with Crippen molar-refractivity contribution in [1.82, 2.24) is 9.13 Å². The second-order valence-electron chi connectivity index (χ2n) is 15.1. The maximum atomic E-state index is 7.53. The van der Waals surface area contributed by atoms with Crippen LogP contribution in [0, 0.1) is 11.8 Å². The Bertz CT molecular complexity index is 2430. The van der Waals surface area contributed by atoms with Gasteiger partial charge in [0.2, 0.25) is 0 Å². The van der Waals surface area contributed by atoms with E-state index >= 15 is 0 Å². The van der Waals surface area contributed by atoms with Crippen LogP contribution in [0.4, 0.5) is 0 Å². The highest BCUT2D eigenvalue weighted by Crippen LogP contribution is 2.52. The normalized spacial score (nSPS) is 13.8. The van der Waals surface area contributed by atoms with E-state index in [0.29, 0.717) is 11.8 Å². The summed E-state index contributed by atoms with van der Waals surface area (Å²) in [4.78, 5) is 0. The molecule has 0 N–H and O–H groups in total. The Balaban J connectivity index is 1.27. The van der Waals surface area contributed by atoms with Crippen LogP contribution in [-0.4, -0.2) is 9.13 Å². The number of hydrogen-bond donors (Lipinski definition) is 0. The van der Waals surface area contributed by atoms with E-state index < -0.39 is 5.60 Å². The van der Waals surface area contributed by atoms with Crippen LogP contribution in [0.25, 0.3) is 66.1 Å². The Morgan fingerprint density at radius 1 is 0.480 bits per heavy atom. The fraction of sp³-hybridized carbons (Fsp3) is 0.234. The third kappa shape index (κ3) is 4.86. The van der Waals surface area contributed by atoms with Gasteiger partial charge in [0.1, 0.15) is 11.4 Å². The largest absolute Gasteiger partial charge is 0.482 e. The molecule has 0 aliphatic carbocycles. The molecular formula is C47H44N2O. The van der Waals surface area contributed by atoms with Crippen molar-refractivity contribution in [3.8, 4) is 28.3 Å². The molecule has 0 unspecified atom stereocenters. The van der Waals surface area contributed by atoms with Crippen LogP contribution in [0.15, 0.2) is 133 Å². The molecule has 9 rings (SSSR count). The fourth-order valence-electron chi connectivity index (χ4n) is 8.45. The lowest BCUT2D eigenvalue weighted by Crippen LogP contribution is -2.37. The van der Waals surface area contributed by atoms with Gasteiger partial charge >= 0.3 is 0 Å². The Morgan fingerprint density at radius 3 is 1.32 bits per heavy atom. The molecule has 6 aromatic carbocycles. The average molecular weight is 653 g/mol. The highest BCUT2D eigenvalue weighted by Gasteiger charge is 2.41. The lowest BCUT2D eigenvalue weighted by molar-refractivity contribution is 0.0334. The van der Waals surface area contributed by atoms with Crippen molar-refractivity contribution < 1.29 is 4.74 Å². The Hall–Kier alpha value is -5.28. The van der Waals surface area contributed by atoms with Crippen molar-refractivity contribution in [3.63, 3.8) is 0 Å². The van der Waals surface area contributed by atoms with Crippen LogP contribution in [0.2, 0.25) is 0 Å². The lowest BCUT2D eigenvalue weighted by atomic mass is 9.76. The van der Waals surface area contributed by atoms with Crippen molar-refractivity contribution in [1.29, 1.82) is 0 Å². The van der Waals surface area contributed by atoms with Crippen molar-refractivity contribution in [3.05, 3.63) is 139 Å². The SMILES string of the molecule is CC(C)CCC1(CCC(C)C)Oc2cc(-n3c4ccccc4c4ccccc43)ccc2-c2ccc(-n3c4ccccc4c4ccccc43)cc21. The van der Waals surface area contributed by atoms with Crippen LogP contribution >= 0.6 is 0 Å². The molecule has 248 valence electrons. The number of para-hydroxylation sites is 4. The van der Waals surface area contributed by atoms with Crippen LogP contribution in [0.1, 0.15) is 58.9 Å². The van der Waals surface area contributed by atoms with E-state index in [4.69, 9.17) is 4.74 Å². The number of fused-ring (bicyclic) bond motifs is 9. The molecule has 0 saturated carbocycles. The van der Waals surface area contributed by atoms with E-state index in [-0.39, 0.29) is 0 Å². The summed E-state index contributed by atoms with van der Waals surface area (Å²) in [5.41, 5.74) is 10.5. The molecule has 0 radical (unpaired) electrons. The summed E-state index contributed by atoms with van der Waals surface area (Å²) >= 11 is 0. The van der Waals surface area contributed by atoms with E-state index in [1.54, 1.807) is 0 Å². The van der Waals surface area contributed by atoms with Gasteiger partial charge in [0, 0.05) is 50.1 Å². The van der Waals surface area contributed by atoms with Gasteiger partial charge in [-0.3, -0.25) is 0 Å². The van der Waals surface area contributed by atoms with E-state index in [9.17, 15) is 0 Å². The summed E-state index contributed by atoms with van der Waals surface area (Å²) in [5.74, 6) is 2.13. The number of rotatable bonds is 8. The van der Waals surface area contributed by atoms with Gasteiger partial charge in [-0.25, -0.2) is 0 Å². The van der Waals surface area contributed by atoms with Crippen LogP contribution in [-0.2, 0) is 5.60 Å². The Labute approximate surface area is 294 Å². The molecule has 8 aromatic rings. The maximum Gasteiger partial charge on any atom is 0.135 e. The Kier molecular flexibility index (Phi) is 7.35. The molecule has 0 spiro atoms. The van der Waals surface area contributed by atoms with Gasteiger partial charge in [-0.15, -0.1) is 0 Å². The van der Waals surface area contributed by atoms with E-state index in [1.165, 1.54) is 66.0 Å². The molecule has 0 bridgehead atoms. The monoisotopic (exact) mass is 652 g/mol. The summed E-state index contributed by atoms with van der Waals surface area (Å²) in [6, 6.07) is 49.1. The second kappa shape index (κ2) is 11.9. The van der Waals surface area contributed by atoms with Crippen LogP contribution < -0.4 is 4.74 Å². The van der Waals surface area contributed by atoms with Crippen molar-refractivity contribution in [2.24, 2.45) is 11.8 Å². The van der Waals surface area contributed by atoms with Crippen molar-refractivity contribution in [2.45, 2.75) is 59.0 Å². The molecule has 3 nitrogen and oxygen atoms in total. The molecule has 1 aliphatic heterocycles. The van der Waals surface area contributed by atoms with Gasteiger partial charge in [0.15, 0.2) is 0 Å². The van der Waals surface area contributed by atoms with E-state index in [1.807, 2.05) is 0 Å². The minimum absolute atomic E-state index is 0.439. The summed E-state index contributed by atoms with van der Waals surface area (Å²) in [5, 5.41) is 5.11. The second-order valence-corrected chi connectivity index (χ2v) is 15.1. The van der Waals surface area contributed by atoms with E-state index in [0.717, 1.165) is 37.1 Å². The van der Waals surface area contributed by atoms with Gasteiger partial charge in [0.25, 0.3) is 0 Å². The predicted octanol–water partition coefficient (Wildman–Crippen LogP) is 13.0. The number of hydrogen-bond acceptors (Lipinski definition) is 1. The standard InChI is InChI=1S/C47H44N2O/c1-31(2)25-27-47(28-26-32(3)4)41-29-33(48-42-17-9-5-13-36(42)37-14-6-10-18-43(37)48)21-23-35(41)40-24-22-34(30-46(40)50-47)49-44-19-11-7-15-38(44)39-16-8-12-20-45(39)49/h5-24,29-32H,25-28H2,1-4H3. The number of aromatic nitrogens is 2. The number of benzene rings is 6. The number of ether oxygens (including phenoxy) is 1. The minimum Gasteiger partial charge on any atom is -0.482 e. The van der Waals surface area contributed by atoms with Gasteiger partial charge in [-0.2, -0.15) is 0 Å². The quantitative estimate of drug-likeness (QED) is 0.160.